The lowest BCUT2D eigenvalue weighted by Gasteiger charge is -2.10. The quantitative estimate of drug-likeness (QED) is 0.681. The molecule has 0 saturated heterocycles. The predicted octanol–water partition coefficient (Wildman–Crippen LogP) is 2.89. The first-order valence-corrected chi connectivity index (χ1v) is 6.30. The number of aromatic hydroxyl groups is 1. The fraction of sp³-hybridized carbons (Fsp3) is 0.133. The van der Waals surface area contributed by atoms with Crippen molar-refractivity contribution in [2.45, 2.75) is 6.54 Å². The number of hydrogen-bond acceptors (Lipinski definition) is 4. The number of aromatic nitrogens is 2. The minimum atomic E-state index is 0.219. The van der Waals surface area contributed by atoms with E-state index in [9.17, 15) is 5.11 Å². The van der Waals surface area contributed by atoms with Crippen molar-refractivity contribution in [1.82, 2.24) is 10.2 Å². The Morgan fingerprint density at radius 2 is 2.20 bits per heavy atom. The van der Waals surface area contributed by atoms with Gasteiger partial charge in [-0.05, 0) is 24.3 Å². The van der Waals surface area contributed by atoms with Crippen molar-refractivity contribution in [3.63, 3.8) is 0 Å². The van der Waals surface area contributed by atoms with E-state index in [4.69, 9.17) is 4.74 Å². The standard InChI is InChI=1S/C15H15N3O2/c1-20-11-6-5-10(15(19)7-11)8-16-13-3-2-4-14-12(13)9-17-18-14/h2-7,9,16,19H,8H2,1H3,(H,17,18). The van der Waals surface area contributed by atoms with Crippen molar-refractivity contribution >= 4 is 16.6 Å². The summed E-state index contributed by atoms with van der Waals surface area (Å²) < 4.78 is 5.07. The number of benzene rings is 2. The molecule has 0 aliphatic carbocycles. The molecule has 102 valence electrons. The molecule has 5 nitrogen and oxygen atoms in total. The van der Waals surface area contributed by atoms with E-state index in [0.29, 0.717) is 12.3 Å². The van der Waals surface area contributed by atoms with Crippen LogP contribution in [-0.2, 0) is 6.54 Å². The van der Waals surface area contributed by atoms with Crippen LogP contribution in [0, 0.1) is 0 Å². The van der Waals surface area contributed by atoms with Gasteiger partial charge < -0.3 is 15.2 Å². The molecule has 0 aliphatic heterocycles. The highest BCUT2D eigenvalue weighted by Gasteiger charge is 2.05. The van der Waals surface area contributed by atoms with Gasteiger partial charge in [-0.2, -0.15) is 5.10 Å². The van der Waals surface area contributed by atoms with E-state index in [-0.39, 0.29) is 5.75 Å². The van der Waals surface area contributed by atoms with Gasteiger partial charge in [-0.3, -0.25) is 5.10 Å². The summed E-state index contributed by atoms with van der Waals surface area (Å²) >= 11 is 0. The zero-order valence-corrected chi connectivity index (χ0v) is 11.1. The first-order valence-electron chi connectivity index (χ1n) is 6.30. The molecule has 0 spiro atoms. The Balaban J connectivity index is 1.81. The van der Waals surface area contributed by atoms with Gasteiger partial charge in [0.2, 0.25) is 0 Å². The summed E-state index contributed by atoms with van der Waals surface area (Å²) in [4.78, 5) is 0. The highest BCUT2D eigenvalue weighted by atomic mass is 16.5. The predicted molar refractivity (Wildman–Crippen MR) is 78.1 cm³/mol. The maximum absolute atomic E-state index is 9.94. The van der Waals surface area contributed by atoms with Crippen molar-refractivity contribution in [2.75, 3.05) is 12.4 Å². The van der Waals surface area contributed by atoms with Crippen LogP contribution >= 0.6 is 0 Å². The third-order valence-electron chi connectivity index (χ3n) is 3.25. The van der Waals surface area contributed by atoms with Crippen molar-refractivity contribution < 1.29 is 9.84 Å². The Morgan fingerprint density at radius 3 is 3.00 bits per heavy atom. The van der Waals surface area contributed by atoms with Gasteiger partial charge in [0.25, 0.3) is 0 Å². The fourth-order valence-corrected chi connectivity index (χ4v) is 2.13. The Kier molecular flexibility index (Phi) is 3.16. The Labute approximate surface area is 116 Å². The average molecular weight is 269 g/mol. The molecule has 0 radical (unpaired) electrons. The number of rotatable bonds is 4. The summed E-state index contributed by atoms with van der Waals surface area (Å²) in [7, 11) is 1.58. The fourth-order valence-electron chi connectivity index (χ4n) is 2.13. The van der Waals surface area contributed by atoms with E-state index in [0.717, 1.165) is 22.2 Å². The lowest BCUT2D eigenvalue weighted by atomic mass is 10.1. The zero-order valence-electron chi connectivity index (χ0n) is 11.1. The molecular weight excluding hydrogens is 254 g/mol. The van der Waals surface area contributed by atoms with Crippen LogP contribution in [0.1, 0.15) is 5.56 Å². The molecule has 3 N–H and O–H groups in total. The largest absolute Gasteiger partial charge is 0.507 e. The monoisotopic (exact) mass is 269 g/mol. The van der Waals surface area contributed by atoms with Crippen LogP contribution < -0.4 is 10.1 Å². The lowest BCUT2D eigenvalue weighted by molar-refractivity contribution is 0.406. The van der Waals surface area contributed by atoms with Gasteiger partial charge in [0.1, 0.15) is 11.5 Å². The molecule has 2 aromatic carbocycles. The highest BCUT2D eigenvalue weighted by Crippen LogP contribution is 2.26. The number of ether oxygens (including phenoxy) is 1. The maximum atomic E-state index is 9.94. The molecule has 1 aromatic heterocycles. The Hall–Kier alpha value is -2.69. The summed E-state index contributed by atoms with van der Waals surface area (Å²) in [5.41, 5.74) is 2.77. The minimum Gasteiger partial charge on any atom is -0.507 e. The van der Waals surface area contributed by atoms with Crippen LogP contribution in [0.25, 0.3) is 10.9 Å². The summed E-state index contributed by atoms with van der Waals surface area (Å²) in [5.74, 6) is 0.861. The maximum Gasteiger partial charge on any atom is 0.124 e. The first kappa shape index (κ1) is 12.3. The molecule has 0 amide bonds. The highest BCUT2D eigenvalue weighted by molar-refractivity contribution is 5.90. The Morgan fingerprint density at radius 1 is 1.30 bits per heavy atom. The second-order valence-corrected chi connectivity index (χ2v) is 4.49. The van der Waals surface area contributed by atoms with E-state index in [1.165, 1.54) is 0 Å². The smallest absolute Gasteiger partial charge is 0.124 e. The molecule has 3 rings (SSSR count). The molecule has 0 atom stereocenters. The summed E-state index contributed by atoms with van der Waals surface area (Å²) in [6.45, 7) is 0.528. The summed E-state index contributed by atoms with van der Waals surface area (Å²) in [6.07, 6.45) is 1.78. The van der Waals surface area contributed by atoms with Gasteiger partial charge in [-0.15, -0.1) is 0 Å². The number of H-pyrrole nitrogens is 1. The number of aromatic amines is 1. The number of phenolic OH excluding ortho intramolecular Hbond substituents is 1. The SMILES string of the molecule is COc1ccc(CNc2cccc3[nH]ncc23)c(O)c1. The van der Waals surface area contributed by atoms with E-state index < -0.39 is 0 Å². The summed E-state index contributed by atoms with van der Waals surface area (Å²) in [6, 6.07) is 11.2. The molecule has 20 heavy (non-hydrogen) atoms. The third kappa shape index (κ3) is 2.25. The number of hydrogen-bond donors (Lipinski definition) is 3. The van der Waals surface area contributed by atoms with Crippen LogP contribution in [-0.4, -0.2) is 22.4 Å². The number of anilines is 1. The molecule has 1 heterocycles. The summed E-state index contributed by atoms with van der Waals surface area (Å²) in [5, 5.41) is 21.2. The number of fused-ring (bicyclic) bond motifs is 1. The molecule has 5 heteroatoms. The van der Waals surface area contributed by atoms with Crippen LogP contribution in [0.5, 0.6) is 11.5 Å². The van der Waals surface area contributed by atoms with E-state index in [1.807, 2.05) is 30.3 Å². The van der Waals surface area contributed by atoms with Crippen LogP contribution in [0.15, 0.2) is 42.6 Å². The average Bonchev–Trinajstić information content (AvgIpc) is 2.95. The van der Waals surface area contributed by atoms with Gasteiger partial charge in [0, 0.05) is 29.2 Å². The van der Waals surface area contributed by atoms with Crippen LogP contribution in [0.4, 0.5) is 5.69 Å². The number of nitrogens with zero attached hydrogens (tertiary/aromatic N) is 1. The molecule has 0 unspecified atom stereocenters. The zero-order chi connectivity index (χ0) is 13.9. The molecule has 0 bridgehead atoms. The van der Waals surface area contributed by atoms with E-state index >= 15 is 0 Å². The third-order valence-corrected chi connectivity index (χ3v) is 3.25. The van der Waals surface area contributed by atoms with Crippen LogP contribution in [0.2, 0.25) is 0 Å². The van der Waals surface area contributed by atoms with E-state index in [1.54, 1.807) is 19.4 Å². The molecule has 0 aliphatic rings. The number of phenols is 1. The van der Waals surface area contributed by atoms with Crippen molar-refractivity contribution in [3.8, 4) is 11.5 Å². The van der Waals surface area contributed by atoms with Gasteiger partial charge in [-0.1, -0.05) is 6.07 Å². The molecule has 0 fully saturated rings. The normalized spacial score (nSPS) is 10.7. The van der Waals surface area contributed by atoms with E-state index in [2.05, 4.69) is 15.5 Å². The Bertz CT molecular complexity index is 737. The van der Waals surface area contributed by atoms with Crippen molar-refractivity contribution in [2.24, 2.45) is 0 Å². The first-order chi connectivity index (χ1) is 9.78. The van der Waals surface area contributed by atoms with Gasteiger partial charge >= 0.3 is 0 Å². The van der Waals surface area contributed by atoms with Gasteiger partial charge in [0.15, 0.2) is 0 Å². The minimum absolute atomic E-state index is 0.219. The lowest BCUT2D eigenvalue weighted by Crippen LogP contribution is -2.00. The molecular formula is C15H15N3O2. The second-order valence-electron chi connectivity index (χ2n) is 4.49. The number of methoxy groups -OCH3 is 1. The van der Waals surface area contributed by atoms with Gasteiger partial charge in [0.05, 0.1) is 18.8 Å². The second kappa shape index (κ2) is 5.13. The molecule has 3 aromatic rings. The van der Waals surface area contributed by atoms with Crippen LogP contribution in [0.3, 0.4) is 0 Å². The number of nitrogens with one attached hydrogen (secondary N) is 2. The van der Waals surface area contributed by atoms with Gasteiger partial charge in [-0.25, -0.2) is 0 Å². The molecule has 0 saturated carbocycles. The van der Waals surface area contributed by atoms with Crippen molar-refractivity contribution in [3.05, 3.63) is 48.2 Å². The topological polar surface area (TPSA) is 70.2 Å². The van der Waals surface area contributed by atoms with Crippen molar-refractivity contribution in [1.29, 1.82) is 0 Å².